The van der Waals surface area contributed by atoms with Gasteiger partial charge in [-0.3, -0.25) is 19.7 Å². The fourth-order valence-electron chi connectivity index (χ4n) is 4.78. The fraction of sp³-hybridized carbons (Fsp3) is 0.222. The highest BCUT2D eigenvalue weighted by atomic mass is 16.6. The van der Waals surface area contributed by atoms with E-state index < -0.39 is 4.92 Å². The van der Waals surface area contributed by atoms with E-state index in [1.807, 2.05) is 24.3 Å². The Kier molecular flexibility index (Phi) is 6.44. The zero-order valence-electron chi connectivity index (χ0n) is 19.6. The van der Waals surface area contributed by atoms with Gasteiger partial charge in [0.05, 0.1) is 22.2 Å². The SMILES string of the molecule is O=C(Cn1c2ccccc2c(=O)c2ccccc21)N/N=C\c1cc([N+](=O)[O-])ccc1N1CCCCC1. The smallest absolute Gasteiger partial charge is 0.270 e. The fourth-order valence-corrected chi connectivity index (χ4v) is 4.78. The minimum absolute atomic E-state index is 0.0327. The van der Waals surface area contributed by atoms with E-state index in [0.29, 0.717) is 27.4 Å². The number of aromatic nitrogens is 1. The van der Waals surface area contributed by atoms with Crippen molar-refractivity contribution in [3.63, 3.8) is 0 Å². The first-order valence-corrected chi connectivity index (χ1v) is 11.9. The van der Waals surface area contributed by atoms with Crippen molar-refractivity contribution < 1.29 is 9.72 Å². The summed E-state index contributed by atoms with van der Waals surface area (Å²) in [4.78, 5) is 38.9. The van der Waals surface area contributed by atoms with Gasteiger partial charge >= 0.3 is 0 Å². The number of hydrogen-bond acceptors (Lipinski definition) is 6. The number of piperidine rings is 1. The Morgan fingerprint density at radius 1 is 0.972 bits per heavy atom. The number of carbonyl (C=O) groups is 1. The lowest BCUT2D eigenvalue weighted by molar-refractivity contribution is -0.384. The predicted molar refractivity (Wildman–Crippen MR) is 141 cm³/mol. The molecule has 1 N–H and O–H groups in total. The van der Waals surface area contributed by atoms with Crippen LogP contribution in [0.5, 0.6) is 0 Å². The minimum Gasteiger partial charge on any atom is -0.371 e. The van der Waals surface area contributed by atoms with E-state index in [9.17, 15) is 19.7 Å². The van der Waals surface area contributed by atoms with Crippen molar-refractivity contribution in [1.29, 1.82) is 0 Å². The van der Waals surface area contributed by atoms with Crippen molar-refractivity contribution in [2.45, 2.75) is 25.8 Å². The lowest BCUT2D eigenvalue weighted by Gasteiger charge is -2.29. The summed E-state index contributed by atoms with van der Waals surface area (Å²) in [6.45, 7) is 1.70. The number of rotatable bonds is 6. The molecule has 9 heteroatoms. The number of hydrogen-bond donors (Lipinski definition) is 1. The lowest BCUT2D eigenvalue weighted by atomic mass is 10.1. The molecule has 9 nitrogen and oxygen atoms in total. The number of nitrogens with one attached hydrogen (secondary N) is 1. The molecule has 0 atom stereocenters. The van der Waals surface area contributed by atoms with Crippen molar-refractivity contribution in [1.82, 2.24) is 9.99 Å². The number of carbonyl (C=O) groups excluding carboxylic acids is 1. The Morgan fingerprint density at radius 2 is 1.61 bits per heavy atom. The minimum atomic E-state index is -0.442. The molecule has 0 radical (unpaired) electrons. The average Bonchev–Trinajstić information content (AvgIpc) is 2.91. The highest BCUT2D eigenvalue weighted by molar-refractivity contribution is 5.95. The van der Waals surface area contributed by atoms with Crippen molar-refractivity contribution in [3.05, 3.63) is 92.6 Å². The number of anilines is 1. The van der Waals surface area contributed by atoms with Gasteiger partial charge in [0, 0.05) is 47.2 Å². The number of nitrogens with zero attached hydrogens (tertiary/aromatic N) is 4. The number of amides is 1. The van der Waals surface area contributed by atoms with Gasteiger partial charge in [-0.25, -0.2) is 5.43 Å². The van der Waals surface area contributed by atoms with Gasteiger partial charge in [0.2, 0.25) is 0 Å². The van der Waals surface area contributed by atoms with Crippen LogP contribution in [0.3, 0.4) is 0 Å². The zero-order chi connectivity index (χ0) is 25.1. The van der Waals surface area contributed by atoms with Crippen LogP contribution in [-0.4, -0.2) is 34.7 Å². The summed E-state index contributed by atoms with van der Waals surface area (Å²) in [5.41, 5.74) is 5.19. The maximum atomic E-state index is 12.9. The maximum Gasteiger partial charge on any atom is 0.270 e. The summed E-state index contributed by atoms with van der Waals surface area (Å²) in [5, 5.41) is 16.5. The van der Waals surface area contributed by atoms with Gasteiger partial charge in [0.1, 0.15) is 6.54 Å². The lowest BCUT2D eigenvalue weighted by Crippen LogP contribution is -2.30. The summed E-state index contributed by atoms with van der Waals surface area (Å²) in [6, 6.07) is 19.1. The standard InChI is InChI=1S/C27H25N5O4/c33-26(18-31-24-10-4-2-8-21(24)27(34)22-9-3-5-11-25(22)31)29-28-17-19-16-20(32(35)36)12-13-23(19)30-14-6-1-7-15-30/h2-5,8-13,16-17H,1,6-7,14-15,18H2,(H,29,33)/b28-17-. The number of para-hydroxylation sites is 2. The quantitative estimate of drug-likeness (QED) is 0.191. The number of hydrazone groups is 1. The molecule has 1 aliphatic rings. The molecule has 0 bridgehead atoms. The first-order valence-electron chi connectivity index (χ1n) is 11.9. The average molecular weight is 484 g/mol. The van der Waals surface area contributed by atoms with Crippen molar-refractivity contribution in [2.24, 2.45) is 5.10 Å². The molecular formula is C27H25N5O4. The van der Waals surface area contributed by atoms with Crippen LogP contribution in [0.25, 0.3) is 21.8 Å². The van der Waals surface area contributed by atoms with Gasteiger partial charge in [-0.05, 0) is 49.6 Å². The van der Waals surface area contributed by atoms with Crippen LogP contribution in [-0.2, 0) is 11.3 Å². The van der Waals surface area contributed by atoms with E-state index in [1.54, 1.807) is 34.9 Å². The van der Waals surface area contributed by atoms with Gasteiger partial charge in [0.25, 0.3) is 11.6 Å². The molecule has 0 spiro atoms. The molecule has 0 aliphatic carbocycles. The number of nitro benzene ring substituents is 1. The molecule has 1 saturated heterocycles. The van der Waals surface area contributed by atoms with Crippen molar-refractivity contribution in [3.8, 4) is 0 Å². The van der Waals surface area contributed by atoms with Crippen LogP contribution < -0.4 is 15.8 Å². The summed E-state index contributed by atoms with van der Waals surface area (Å²) in [6.07, 6.45) is 4.74. The van der Waals surface area contributed by atoms with E-state index in [0.717, 1.165) is 38.0 Å². The molecule has 3 aromatic carbocycles. The summed E-state index contributed by atoms with van der Waals surface area (Å²) in [7, 11) is 0. The Hall–Kier alpha value is -4.53. The van der Waals surface area contributed by atoms with Gasteiger partial charge in [-0.1, -0.05) is 24.3 Å². The zero-order valence-corrected chi connectivity index (χ0v) is 19.6. The largest absolute Gasteiger partial charge is 0.371 e. The first-order chi connectivity index (χ1) is 17.5. The van der Waals surface area contributed by atoms with E-state index in [1.165, 1.54) is 18.3 Å². The monoisotopic (exact) mass is 483 g/mol. The molecule has 5 rings (SSSR count). The topological polar surface area (TPSA) is 110 Å². The summed E-state index contributed by atoms with van der Waals surface area (Å²) in [5.74, 6) is -0.379. The van der Waals surface area contributed by atoms with Crippen LogP contribution in [0.15, 0.2) is 76.6 Å². The number of fused-ring (bicyclic) bond motifs is 2. The number of non-ortho nitro benzene ring substituents is 1. The molecule has 36 heavy (non-hydrogen) atoms. The molecule has 0 unspecified atom stereocenters. The summed E-state index contributed by atoms with van der Waals surface area (Å²) < 4.78 is 1.80. The number of nitro groups is 1. The Bertz CT molecular complexity index is 1490. The molecule has 1 amide bonds. The number of pyridine rings is 1. The van der Waals surface area contributed by atoms with Crippen molar-refractivity contribution in [2.75, 3.05) is 18.0 Å². The Balaban J connectivity index is 1.42. The van der Waals surface area contributed by atoms with Gasteiger partial charge in [-0.2, -0.15) is 5.10 Å². The van der Waals surface area contributed by atoms with E-state index in [-0.39, 0.29) is 23.6 Å². The van der Waals surface area contributed by atoms with Gasteiger partial charge in [0.15, 0.2) is 5.43 Å². The maximum absolute atomic E-state index is 12.9. The van der Waals surface area contributed by atoms with E-state index in [4.69, 9.17) is 0 Å². The van der Waals surface area contributed by atoms with Crippen LogP contribution in [0.1, 0.15) is 24.8 Å². The summed E-state index contributed by atoms with van der Waals surface area (Å²) >= 11 is 0. The molecular weight excluding hydrogens is 458 g/mol. The predicted octanol–water partition coefficient (Wildman–Crippen LogP) is 4.20. The third kappa shape index (κ3) is 4.55. The molecule has 4 aromatic rings. The van der Waals surface area contributed by atoms with E-state index in [2.05, 4.69) is 15.4 Å². The van der Waals surface area contributed by atoms with Gasteiger partial charge < -0.3 is 9.47 Å². The van der Waals surface area contributed by atoms with Crippen molar-refractivity contribution >= 4 is 45.3 Å². The molecule has 2 heterocycles. The van der Waals surface area contributed by atoms with E-state index >= 15 is 0 Å². The van der Waals surface area contributed by atoms with Crippen LogP contribution in [0.4, 0.5) is 11.4 Å². The van der Waals surface area contributed by atoms with Crippen LogP contribution >= 0.6 is 0 Å². The third-order valence-corrected chi connectivity index (χ3v) is 6.49. The molecule has 0 saturated carbocycles. The van der Waals surface area contributed by atoms with Gasteiger partial charge in [-0.15, -0.1) is 0 Å². The molecule has 1 fully saturated rings. The molecule has 1 aromatic heterocycles. The van der Waals surface area contributed by atoms with Crippen LogP contribution in [0, 0.1) is 10.1 Å². The Labute approximate surface area is 206 Å². The third-order valence-electron chi connectivity index (χ3n) is 6.49. The van der Waals surface area contributed by atoms with Crippen LogP contribution in [0.2, 0.25) is 0 Å². The normalized spacial score (nSPS) is 13.9. The second-order valence-corrected chi connectivity index (χ2v) is 8.79. The Morgan fingerprint density at radius 3 is 2.25 bits per heavy atom. The molecule has 1 aliphatic heterocycles. The second kappa shape index (κ2) is 9.99. The first kappa shape index (κ1) is 23.2. The second-order valence-electron chi connectivity index (χ2n) is 8.79. The highest BCUT2D eigenvalue weighted by Crippen LogP contribution is 2.27. The molecule has 182 valence electrons. The number of benzene rings is 3. The highest BCUT2D eigenvalue weighted by Gasteiger charge is 2.17.